The van der Waals surface area contributed by atoms with Gasteiger partial charge in [0.1, 0.15) is 5.75 Å². The molecular weight excluding hydrogens is 447 g/mol. The summed E-state index contributed by atoms with van der Waals surface area (Å²) in [5.41, 5.74) is 1.36. The Balaban J connectivity index is 1.79. The van der Waals surface area contributed by atoms with Crippen molar-refractivity contribution in [2.45, 2.75) is 24.6 Å². The van der Waals surface area contributed by atoms with Gasteiger partial charge in [-0.05, 0) is 35.9 Å². The first-order valence-electron chi connectivity index (χ1n) is 9.47. The fourth-order valence-electron chi connectivity index (χ4n) is 2.98. The maximum absolute atomic E-state index is 12.8. The summed E-state index contributed by atoms with van der Waals surface area (Å²) in [4.78, 5) is 12.6. The molecule has 0 aliphatic heterocycles. The average molecular weight is 467 g/mol. The number of sulfone groups is 1. The Hall–Kier alpha value is -3.34. The van der Waals surface area contributed by atoms with Gasteiger partial charge in [-0.1, -0.05) is 19.1 Å². The molecule has 2 aromatic carbocycles. The zero-order chi connectivity index (χ0) is 23.5. The molecule has 1 amide bonds. The van der Waals surface area contributed by atoms with E-state index < -0.39 is 27.9 Å². The van der Waals surface area contributed by atoms with E-state index in [9.17, 15) is 26.4 Å². The molecule has 0 spiro atoms. The number of anilines is 1. The Morgan fingerprint density at radius 1 is 1.16 bits per heavy atom. The second-order valence-electron chi connectivity index (χ2n) is 6.93. The molecule has 11 heteroatoms. The van der Waals surface area contributed by atoms with Gasteiger partial charge in [0.05, 0.1) is 23.3 Å². The number of nitrogens with zero attached hydrogens (tertiary/aromatic N) is 2. The van der Waals surface area contributed by atoms with Gasteiger partial charge in [-0.3, -0.25) is 9.48 Å². The van der Waals surface area contributed by atoms with E-state index in [2.05, 4.69) is 15.2 Å². The van der Waals surface area contributed by atoms with Crippen molar-refractivity contribution in [1.82, 2.24) is 9.78 Å². The first-order valence-corrected chi connectivity index (χ1v) is 11.1. The smallest absolute Gasteiger partial charge is 0.405 e. The van der Waals surface area contributed by atoms with E-state index in [0.717, 1.165) is 6.07 Å². The molecule has 0 saturated carbocycles. The lowest BCUT2D eigenvalue weighted by atomic mass is 10.1. The second-order valence-corrected chi connectivity index (χ2v) is 9.21. The summed E-state index contributed by atoms with van der Waals surface area (Å²) in [5.74, 6) is -0.867. The number of halogens is 3. The Bertz CT molecular complexity index is 1220. The molecule has 0 aliphatic carbocycles. The quantitative estimate of drug-likeness (QED) is 0.568. The van der Waals surface area contributed by atoms with Crippen molar-refractivity contribution >= 4 is 21.4 Å². The Morgan fingerprint density at radius 2 is 1.84 bits per heavy atom. The fourth-order valence-corrected chi connectivity index (χ4v) is 3.86. The standard InChI is InChI=1S/C21H20F3N3O4S/c1-3-32(29,30)17-7-4-14(5-8-17)10-20(28)26-16-6-9-19(31-21(22,23)24)18(11-16)15-12-25-27(2)13-15/h4-9,11-13H,3,10H2,1-2H3,(H,26,28). The summed E-state index contributed by atoms with van der Waals surface area (Å²) >= 11 is 0. The monoisotopic (exact) mass is 467 g/mol. The number of hydrogen-bond acceptors (Lipinski definition) is 5. The number of alkyl halides is 3. The van der Waals surface area contributed by atoms with E-state index in [-0.39, 0.29) is 28.3 Å². The van der Waals surface area contributed by atoms with Crippen LogP contribution in [0.25, 0.3) is 11.1 Å². The van der Waals surface area contributed by atoms with Gasteiger partial charge in [-0.15, -0.1) is 13.2 Å². The molecule has 32 heavy (non-hydrogen) atoms. The first-order chi connectivity index (χ1) is 15.0. The molecule has 0 unspecified atom stereocenters. The molecule has 170 valence electrons. The highest BCUT2D eigenvalue weighted by atomic mass is 32.2. The normalized spacial score (nSPS) is 11.9. The van der Waals surface area contributed by atoms with Crippen LogP contribution in [0.2, 0.25) is 0 Å². The van der Waals surface area contributed by atoms with Crippen molar-refractivity contribution in [3.05, 3.63) is 60.4 Å². The minimum Gasteiger partial charge on any atom is -0.405 e. The second kappa shape index (κ2) is 9.03. The summed E-state index contributed by atoms with van der Waals surface area (Å²) in [6, 6.07) is 9.75. The van der Waals surface area contributed by atoms with E-state index in [4.69, 9.17) is 0 Å². The molecule has 3 rings (SSSR count). The van der Waals surface area contributed by atoms with Crippen LogP contribution in [0.15, 0.2) is 59.8 Å². The number of benzene rings is 2. The topological polar surface area (TPSA) is 90.3 Å². The third-order valence-corrected chi connectivity index (χ3v) is 6.28. The molecule has 0 aliphatic rings. The Morgan fingerprint density at radius 3 is 2.41 bits per heavy atom. The highest BCUT2D eigenvalue weighted by molar-refractivity contribution is 7.91. The average Bonchev–Trinajstić information content (AvgIpc) is 3.14. The number of aryl methyl sites for hydroxylation is 1. The molecule has 7 nitrogen and oxygen atoms in total. The molecule has 1 heterocycles. The fraction of sp³-hybridized carbons (Fsp3) is 0.238. The van der Waals surface area contributed by atoms with Crippen molar-refractivity contribution < 1.29 is 31.1 Å². The molecule has 0 radical (unpaired) electrons. The van der Waals surface area contributed by atoms with Gasteiger partial charge in [0.2, 0.25) is 5.91 Å². The van der Waals surface area contributed by atoms with E-state index >= 15 is 0 Å². The lowest BCUT2D eigenvalue weighted by Gasteiger charge is -2.14. The minimum atomic E-state index is -4.88. The van der Waals surface area contributed by atoms with Crippen molar-refractivity contribution in [3.8, 4) is 16.9 Å². The predicted octanol–water partition coefficient (Wildman–Crippen LogP) is 3.96. The number of carbonyl (C=O) groups is 1. The van der Waals surface area contributed by atoms with Crippen LogP contribution in [-0.4, -0.2) is 36.2 Å². The van der Waals surface area contributed by atoms with Crippen molar-refractivity contribution in [3.63, 3.8) is 0 Å². The van der Waals surface area contributed by atoms with Crippen LogP contribution in [0.4, 0.5) is 18.9 Å². The highest BCUT2D eigenvalue weighted by Gasteiger charge is 2.32. The SMILES string of the molecule is CCS(=O)(=O)c1ccc(CC(=O)Nc2ccc(OC(F)(F)F)c(-c3cnn(C)c3)c2)cc1. The molecule has 0 bridgehead atoms. The largest absolute Gasteiger partial charge is 0.573 e. The molecule has 0 saturated heterocycles. The third-order valence-electron chi connectivity index (χ3n) is 4.53. The van der Waals surface area contributed by atoms with Crippen LogP contribution < -0.4 is 10.1 Å². The number of ether oxygens (including phenoxy) is 1. The molecule has 0 fully saturated rings. The summed E-state index contributed by atoms with van der Waals surface area (Å²) < 4.78 is 67.6. The molecule has 1 aromatic heterocycles. The Kier molecular flexibility index (Phi) is 6.58. The van der Waals surface area contributed by atoms with E-state index in [0.29, 0.717) is 11.1 Å². The predicted molar refractivity (Wildman–Crippen MR) is 112 cm³/mol. The third kappa shape index (κ3) is 5.88. The molecule has 3 aromatic rings. The number of amides is 1. The lowest BCUT2D eigenvalue weighted by molar-refractivity contribution is -0.274. The minimum absolute atomic E-state index is 0.0276. The Labute approximate surface area is 182 Å². The summed E-state index contributed by atoms with van der Waals surface area (Å²) in [6.07, 6.45) is -2.01. The van der Waals surface area contributed by atoms with Gasteiger partial charge in [0.25, 0.3) is 0 Å². The number of nitrogens with one attached hydrogen (secondary N) is 1. The number of rotatable bonds is 7. The van der Waals surface area contributed by atoms with Crippen LogP contribution in [0.3, 0.4) is 0 Å². The number of carbonyl (C=O) groups excluding carboxylic acids is 1. The van der Waals surface area contributed by atoms with E-state index in [1.807, 2.05) is 0 Å². The summed E-state index contributed by atoms with van der Waals surface area (Å²) in [6.45, 7) is 1.54. The van der Waals surface area contributed by atoms with Gasteiger partial charge in [-0.25, -0.2) is 8.42 Å². The van der Waals surface area contributed by atoms with Crippen LogP contribution in [-0.2, 0) is 28.1 Å². The van der Waals surface area contributed by atoms with Crippen LogP contribution in [0, 0.1) is 0 Å². The summed E-state index contributed by atoms with van der Waals surface area (Å²) in [7, 11) is -1.72. The van der Waals surface area contributed by atoms with Crippen LogP contribution in [0.5, 0.6) is 5.75 Å². The van der Waals surface area contributed by atoms with E-state index in [1.54, 1.807) is 26.1 Å². The maximum atomic E-state index is 12.8. The van der Waals surface area contributed by atoms with Gasteiger partial charge in [0, 0.05) is 30.1 Å². The van der Waals surface area contributed by atoms with Crippen molar-refractivity contribution in [2.75, 3.05) is 11.1 Å². The zero-order valence-corrected chi connectivity index (χ0v) is 18.0. The molecule has 1 N–H and O–H groups in total. The van der Waals surface area contributed by atoms with Gasteiger partial charge in [-0.2, -0.15) is 5.10 Å². The zero-order valence-electron chi connectivity index (χ0n) is 17.2. The number of hydrogen-bond donors (Lipinski definition) is 1. The molecule has 0 atom stereocenters. The first kappa shape index (κ1) is 23.3. The number of aromatic nitrogens is 2. The van der Waals surface area contributed by atoms with Crippen LogP contribution >= 0.6 is 0 Å². The van der Waals surface area contributed by atoms with Crippen molar-refractivity contribution in [1.29, 1.82) is 0 Å². The van der Waals surface area contributed by atoms with E-state index in [1.165, 1.54) is 41.3 Å². The lowest BCUT2D eigenvalue weighted by Crippen LogP contribution is -2.18. The van der Waals surface area contributed by atoms with Crippen LogP contribution in [0.1, 0.15) is 12.5 Å². The molecular formula is C21H20F3N3O4S. The van der Waals surface area contributed by atoms with Crippen molar-refractivity contribution in [2.24, 2.45) is 7.05 Å². The summed E-state index contributed by atoms with van der Waals surface area (Å²) in [5, 5.41) is 6.59. The highest BCUT2D eigenvalue weighted by Crippen LogP contribution is 2.35. The maximum Gasteiger partial charge on any atom is 0.573 e. The van der Waals surface area contributed by atoms with Gasteiger partial charge < -0.3 is 10.1 Å². The van der Waals surface area contributed by atoms with Gasteiger partial charge >= 0.3 is 6.36 Å². The van der Waals surface area contributed by atoms with Gasteiger partial charge in [0.15, 0.2) is 9.84 Å².